The number of aliphatic hydroxyl groups excluding tert-OH is 1. The molecule has 142 valence electrons. The average Bonchev–Trinajstić information content (AvgIpc) is 3.01. The Bertz CT molecular complexity index is 714. The van der Waals surface area contributed by atoms with Gasteiger partial charge < -0.3 is 19.0 Å². The van der Waals surface area contributed by atoms with Crippen LogP contribution in [0.3, 0.4) is 0 Å². The van der Waals surface area contributed by atoms with Crippen LogP contribution in [-0.2, 0) is 15.9 Å². The van der Waals surface area contributed by atoms with Gasteiger partial charge in [-0.3, -0.25) is 0 Å². The minimum absolute atomic E-state index is 0.126. The Morgan fingerprint density at radius 1 is 1.19 bits per heavy atom. The molecule has 2 aromatic rings. The molecule has 1 aromatic carbocycles. The van der Waals surface area contributed by atoms with Gasteiger partial charge in [0.1, 0.15) is 5.76 Å². The lowest BCUT2D eigenvalue weighted by atomic mass is 9.86. The number of aliphatic hydroxyl groups is 1. The maximum Gasteiger partial charge on any atom is 0.226 e. The molecule has 0 bridgehead atoms. The van der Waals surface area contributed by atoms with Crippen LogP contribution in [0.4, 0.5) is 0 Å². The van der Waals surface area contributed by atoms with Gasteiger partial charge in [-0.15, -0.1) is 0 Å². The number of ether oxygens (including phenoxy) is 2. The van der Waals surface area contributed by atoms with E-state index >= 15 is 0 Å². The van der Waals surface area contributed by atoms with E-state index in [-0.39, 0.29) is 6.61 Å². The molecule has 0 radical (unpaired) electrons. The predicted octanol–water partition coefficient (Wildman–Crippen LogP) is 3.90. The van der Waals surface area contributed by atoms with Gasteiger partial charge in [-0.25, -0.2) is 4.98 Å². The highest BCUT2D eigenvalue weighted by molar-refractivity contribution is 5.54. The quantitative estimate of drug-likeness (QED) is 0.847. The van der Waals surface area contributed by atoms with Crippen molar-refractivity contribution in [2.24, 2.45) is 11.8 Å². The number of nitrogens with zero attached hydrogens (tertiary/aromatic N) is 1. The smallest absolute Gasteiger partial charge is 0.226 e. The molecule has 1 aliphatic heterocycles. The number of hydrogen-bond donors (Lipinski definition) is 1. The summed E-state index contributed by atoms with van der Waals surface area (Å²) in [6.45, 7) is 9.06. The van der Waals surface area contributed by atoms with E-state index in [1.54, 1.807) is 6.92 Å². The number of oxazole rings is 1. The summed E-state index contributed by atoms with van der Waals surface area (Å²) in [7, 11) is 0. The molecule has 0 aliphatic carbocycles. The number of aryl methyl sites for hydroxylation is 2. The fraction of sp³-hybridized carbons (Fsp3) is 0.571. The largest absolute Gasteiger partial charge is 0.441 e. The molecule has 1 saturated heterocycles. The Morgan fingerprint density at radius 3 is 2.42 bits per heavy atom. The summed E-state index contributed by atoms with van der Waals surface area (Å²) in [5, 5.41) is 9.36. The first-order valence-electron chi connectivity index (χ1n) is 9.36. The third-order valence-corrected chi connectivity index (χ3v) is 5.33. The van der Waals surface area contributed by atoms with Crippen molar-refractivity contribution in [2.75, 3.05) is 19.8 Å². The van der Waals surface area contributed by atoms with Crippen LogP contribution in [0.2, 0.25) is 0 Å². The van der Waals surface area contributed by atoms with Crippen molar-refractivity contribution in [3.8, 4) is 11.5 Å². The zero-order valence-corrected chi connectivity index (χ0v) is 16.1. The predicted molar refractivity (Wildman–Crippen MR) is 99.8 cm³/mol. The molecule has 1 N–H and O–H groups in total. The minimum Gasteiger partial charge on any atom is -0.441 e. The lowest BCUT2D eigenvalue weighted by Crippen LogP contribution is -2.46. The molecule has 2 heterocycles. The SMILES string of the molecule is CCC(Cc1nc(-c2ccc(C)cc2)oc1C)C1COC(C)(CO)OC1. The van der Waals surface area contributed by atoms with E-state index in [1.807, 2.05) is 19.1 Å². The summed E-state index contributed by atoms with van der Waals surface area (Å²) in [5.41, 5.74) is 3.22. The lowest BCUT2D eigenvalue weighted by Gasteiger charge is -2.39. The molecule has 26 heavy (non-hydrogen) atoms. The van der Waals surface area contributed by atoms with E-state index in [9.17, 15) is 5.11 Å². The molecule has 3 rings (SSSR count). The zero-order chi connectivity index (χ0) is 18.7. The Labute approximate surface area is 155 Å². The van der Waals surface area contributed by atoms with E-state index in [4.69, 9.17) is 18.9 Å². The first-order chi connectivity index (χ1) is 12.4. The summed E-state index contributed by atoms with van der Waals surface area (Å²) in [6, 6.07) is 8.22. The highest BCUT2D eigenvalue weighted by atomic mass is 16.7. The van der Waals surface area contributed by atoms with E-state index in [0.29, 0.717) is 30.9 Å². The van der Waals surface area contributed by atoms with Gasteiger partial charge in [-0.05, 0) is 45.2 Å². The van der Waals surface area contributed by atoms with E-state index in [2.05, 4.69) is 26.0 Å². The van der Waals surface area contributed by atoms with Crippen LogP contribution in [0, 0.1) is 25.7 Å². The van der Waals surface area contributed by atoms with Gasteiger partial charge >= 0.3 is 0 Å². The molecule has 1 atom stereocenters. The van der Waals surface area contributed by atoms with Gasteiger partial charge in [0.15, 0.2) is 5.79 Å². The van der Waals surface area contributed by atoms with Crippen LogP contribution in [-0.4, -0.2) is 35.7 Å². The standard InChI is InChI=1S/C21H29NO4/c1-5-16(18-11-24-21(4,13-23)25-12-18)10-19-15(3)26-20(22-19)17-8-6-14(2)7-9-17/h6-9,16,18,23H,5,10-13H2,1-4H3. The van der Waals surface area contributed by atoms with Gasteiger partial charge in [-0.2, -0.15) is 0 Å². The second-order valence-electron chi connectivity index (χ2n) is 7.43. The maximum absolute atomic E-state index is 9.36. The Kier molecular flexibility index (Phi) is 5.80. The summed E-state index contributed by atoms with van der Waals surface area (Å²) >= 11 is 0. The van der Waals surface area contributed by atoms with Gasteiger partial charge in [0.2, 0.25) is 5.89 Å². The average molecular weight is 359 g/mol. The molecule has 1 fully saturated rings. The van der Waals surface area contributed by atoms with Gasteiger partial charge in [0.25, 0.3) is 0 Å². The molecule has 1 aromatic heterocycles. The summed E-state index contributed by atoms with van der Waals surface area (Å²) in [5.74, 6) is 1.37. The number of rotatable bonds is 6. The van der Waals surface area contributed by atoms with Crippen molar-refractivity contribution >= 4 is 0 Å². The molecular formula is C21H29NO4. The third-order valence-electron chi connectivity index (χ3n) is 5.33. The van der Waals surface area contributed by atoms with Crippen molar-refractivity contribution in [1.29, 1.82) is 0 Å². The van der Waals surface area contributed by atoms with Crippen LogP contribution in [0.1, 0.15) is 37.3 Å². The molecule has 0 spiro atoms. The second kappa shape index (κ2) is 7.91. The van der Waals surface area contributed by atoms with E-state index in [1.165, 1.54) is 5.56 Å². The molecule has 1 aliphatic rings. The topological polar surface area (TPSA) is 64.7 Å². The molecule has 0 amide bonds. The normalized spacial score (nSPS) is 24.6. The number of benzene rings is 1. The molecular weight excluding hydrogens is 330 g/mol. The van der Waals surface area contributed by atoms with E-state index in [0.717, 1.165) is 29.9 Å². The lowest BCUT2D eigenvalue weighted by molar-refractivity contribution is -0.291. The van der Waals surface area contributed by atoms with Crippen molar-refractivity contribution in [3.05, 3.63) is 41.3 Å². The molecule has 5 heteroatoms. The van der Waals surface area contributed by atoms with Crippen LogP contribution in [0.25, 0.3) is 11.5 Å². The Hall–Kier alpha value is -1.69. The highest BCUT2D eigenvalue weighted by Crippen LogP contribution is 2.31. The van der Waals surface area contributed by atoms with Crippen LogP contribution >= 0.6 is 0 Å². The van der Waals surface area contributed by atoms with Crippen LogP contribution in [0.5, 0.6) is 0 Å². The first-order valence-corrected chi connectivity index (χ1v) is 9.36. The highest BCUT2D eigenvalue weighted by Gasteiger charge is 2.35. The van der Waals surface area contributed by atoms with Gasteiger partial charge in [0.05, 0.1) is 25.5 Å². The Morgan fingerprint density at radius 2 is 1.85 bits per heavy atom. The molecule has 5 nitrogen and oxygen atoms in total. The summed E-state index contributed by atoms with van der Waals surface area (Å²) < 4.78 is 17.4. The summed E-state index contributed by atoms with van der Waals surface area (Å²) in [6.07, 6.45) is 1.85. The van der Waals surface area contributed by atoms with Crippen molar-refractivity contribution in [3.63, 3.8) is 0 Å². The minimum atomic E-state index is -0.864. The third kappa shape index (κ3) is 4.17. The fourth-order valence-corrected chi connectivity index (χ4v) is 3.35. The first kappa shape index (κ1) is 19.1. The second-order valence-corrected chi connectivity index (χ2v) is 7.43. The number of aromatic nitrogens is 1. The summed E-state index contributed by atoms with van der Waals surface area (Å²) in [4.78, 5) is 4.75. The number of hydrogen-bond acceptors (Lipinski definition) is 5. The van der Waals surface area contributed by atoms with Crippen LogP contribution in [0.15, 0.2) is 28.7 Å². The molecule has 1 unspecified atom stereocenters. The van der Waals surface area contributed by atoms with E-state index < -0.39 is 5.79 Å². The fourth-order valence-electron chi connectivity index (χ4n) is 3.35. The Balaban J connectivity index is 1.70. The van der Waals surface area contributed by atoms with Crippen molar-refractivity contribution < 1.29 is 19.0 Å². The van der Waals surface area contributed by atoms with Crippen LogP contribution < -0.4 is 0 Å². The van der Waals surface area contributed by atoms with Crippen molar-refractivity contribution in [1.82, 2.24) is 4.98 Å². The maximum atomic E-state index is 9.36. The zero-order valence-electron chi connectivity index (χ0n) is 16.1. The molecule has 0 saturated carbocycles. The van der Waals surface area contributed by atoms with Gasteiger partial charge in [0, 0.05) is 11.5 Å². The monoisotopic (exact) mass is 359 g/mol. The van der Waals surface area contributed by atoms with Gasteiger partial charge in [-0.1, -0.05) is 31.0 Å². The van der Waals surface area contributed by atoms with Crippen molar-refractivity contribution in [2.45, 2.75) is 46.3 Å².